The molecule has 0 saturated heterocycles. The van der Waals surface area contributed by atoms with Crippen LogP contribution in [0.2, 0.25) is 5.02 Å². The Labute approximate surface area is 112 Å². The molecule has 0 unspecified atom stereocenters. The van der Waals surface area contributed by atoms with E-state index in [-0.39, 0.29) is 5.75 Å². The van der Waals surface area contributed by atoms with Crippen molar-refractivity contribution in [3.05, 3.63) is 28.8 Å². The minimum absolute atomic E-state index is 0.165. The Morgan fingerprint density at radius 1 is 1.41 bits per heavy atom. The highest BCUT2D eigenvalue weighted by Gasteiger charge is 2.06. The van der Waals surface area contributed by atoms with E-state index in [4.69, 9.17) is 17.3 Å². The molecule has 6 heteroatoms. The van der Waals surface area contributed by atoms with Gasteiger partial charge in [0.15, 0.2) is 0 Å². The molecule has 0 aromatic heterocycles. The van der Waals surface area contributed by atoms with Crippen molar-refractivity contribution in [2.45, 2.75) is 11.3 Å². The van der Waals surface area contributed by atoms with Gasteiger partial charge < -0.3 is 5.73 Å². The molecule has 0 aliphatic carbocycles. The summed E-state index contributed by atoms with van der Waals surface area (Å²) in [6.07, 6.45) is 2.04. The third-order valence-corrected chi connectivity index (χ3v) is 4.85. The van der Waals surface area contributed by atoms with E-state index in [1.165, 1.54) is 18.0 Å². The van der Waals surface area contributed by atoms with E-state index < -0.39 is 9.84 Å². The van der Waals surface area contributed by atoms with Gasteiger partial charge in [-0.05, 0) is 30.7 Å². The lowest BCUT2D eigenvalue weighted by atomic mass is 10.1. The Balaban J connectivity index is 2.60. The van der Waals surface area contributed by atoms with Crippen LogP contribution in [-0.4, -0.2) is 32.7 Å². The molecule has 0 saturated carbocycles. The fraction of sp³-hybridized carbons (Fsp3) is 0.455. The maximum atomic E-state index is 11.0. The maximum Gasteiger partial charge on any atom is 0.148 e. The van der Waals surface area contributed by atoms with Crippen molar-refractivity contribution in [2.75, 3.05) is 24.3 Å². The zero-order valence-electron chi connectivity index (χ0n) is 9.65. The number of halogens is 1. The SMILES string of the molecule is CS(=O)(=O)CCSc1ccc(CCN)cc1Cl. The van der Waals surface area contributed by atoms with Gasteiger partial charge in [0.25, 0.3) is 0 Å². The van der Waals surface area contributed by atoms with Crippen molar-refractivity contribution in [2.24, 2.45) is 5.73 Å². The summed E-state index contributed by atoms with van der Waals surface area (Å²) in [5.74, 6) is 0.688. The predicted octanol–water partition coefficient (Wildman–Crippen LogP) is 1.98. The van der Waals surface area contributed by atoms with Crippen molar-refractivity contribution in [1.82, 2.24) is 0 Å². The smallest absolute Gasteiger partial charge is 0.148 e. The predicted molar refractivity (Wildman–Crippen MR) is 74.6 cm³/mol. The quantitative estimate of drug-likeness (QED) is 0.815. The van der Waals surface area contributed by atoms with Crippen LogP contribution in [0.5, 0.6) is 0 Å². The van der Waals surface area contributed by atoms with E-state index in [0.717, 1.165) is 16.9 Å². The molecular weight excluding hydrogens is 278 g/mol. The number of nitrogens with two attached hydrogens (primary N) is 1. The second-order valence-electron chi connectivity index (χ2n) is 3.78. The average Bonchev–Trinajstić information content (AvgIpc) is 2.20. The standard InChI is InChI=1S/C11H16ClNO2S2/c1-17(14,15)7-6-16-11-3-2-9(4-5-13)8-10(11)12/h2-3,8H,4-7,13H2,1H3. The Morgan fingerprint density at radius 2 is 2.12 bits per heavy atom. The first-order chi connectivity index (χ1) is 7.92. The second kappa shape index (κ2) is 6.64. The number of benzene rings is 1. The van der Waals surface area contributed by atoms with Crippen molar-refractivity contribution < 1.29 is 8.42 Å². The molecule has 0 radical (unpaired) electrons. The van der Waals surface area contributed by atoms with Crippen LogP contribution < -0.4 is 5.73 Å². The Kier molecular flexibility index (Phi) is 5.79. The molecule has 17 heavy (non-hydrogen) atoms. The van der Waals surface area contributed by atoms with Crippen LogP contribution >= 0.6 is 23.4 Å². The molecule has 0 fully saturated rings. The van der Waals surface area contributed by atoms with Crippen molar-refractivity contribution in [3.8, 4) is 0 Å². The summed E-state index contributed by atoms with van der Waals surface area (Å²) in [4.78, 5) is 0.913. The minimum Gasteiger partial charge on any atom is -0.330 e. The second-order valence-corrected chi connectivity index (χ2v) is 7.59. The zero-order chi connectivity index (χ0) is 12.9. The van der Waals surface area contributed by atoms with Crippen LogP contribution in [-0.2, 0) is 16.3 Å². The third kappa shape index (κ3) is 5.77. The van der Waals surface area contributed by atoms with Gasteiger partial charge >= 0.3 is 0 Å². The molecular formula is C11H16ClNO2S2. The van der Waals surface area contributed by atoms with Crippen LogP contribution in [0.1, 0.15) is 5.56 Å². The molecule has 0 atom stereocenters. The van der Waals surface area contributed by atoms with Gasteiger partial charge in [-0.15, -0.1) is 11.8 Å². The lowest BCUT2D eigenvalue weighted by molar-refractivity contribution is 0.603. The number of hydrogen-bond donors (Lipinski definition) is 1. The maximum absolute atomic E-state index is 11.0. The van der Waals surface area contributed by atoms with Crippen molar-refractivity contribution in [3.63, 3.8) is 0 Å². The molecule has 2 N–H and O–H groups in total. The molecule has 1 aromatic carbocycles. The van der Waals surface area contributed by atoms with E-state index >= 15 is 0 Å². The summed E-state index contributed by atoms with van der Waals surface area (Å²) in [5, 5.41) is 0.662. The van der Waals surface area contributed by atoms with Gasteiger partial charge in [-0.25, -0.2) is 8.42 Å². The normalized spacial score (nSPS) is 11.7. The van der Waals surface area contributed by atoms with Gasteiger partial charge in [-0.3, -0.25) is 0 Å². The van der Waals surface area contributed by atoms with E-state index in [1.807, 2.05) is 18.2 Å². The van der Waals surface area contributed by atoms with E-state index in [0.29, 0.717) is 17.3 Å². The lowest BCUT2D eigenvalue weighted by Crippen LogP contribution is -2.05. The largest absolute Gasteiger partial charge is 0.330 e. The first kappa shape index (κ1) is 14.8. The van der Waals surface area contributed by atoms with E-state index in [1.54, 1.807) is 0 Å². The topological polar surface area (TPSA) is 60.2 Å². The van der Waals surface area contributed by atoms with Gasteiger partial charge in [0.05, 0.1) is 10.8 Å². The van der Waals surface area contributed by atoms with Crippen LogP contribution in [0.25, 0.3) is 0 Å². The van der Waals surface area contributed by atoms with Gasteiger partial charge in [-0.1, -0.05) is 17.7 Å². The molecule has 0 amide bonds. The number of thioether (sulfide) groups is 1. The van der Waals surface area contributed by atoms with E-state index in [9.17, 15) is 8.42 Å². The summed E-state index contributed by atoms with van der Waals surface area (Å²) in [7, 11) is -2.90. The van der Waals surface area contributed by atoms with Gasteiger partial charge in [0.2, 0.25) is 0 Å². The first-order valence-corrected chi connectivity index (χ1v) is 8.64. The number of hydrogen-bond acceptors (Lipinski definition) is 4. The Bertz CT molecular complexity index is 474. The number of rotatable bonds is 6. The highest BCUT2D eigenvalue weighted by atomic mass is 35.5. The Morgan fingerprint density at radius 3 is 2.65 bits per heavy atom. The van der Waals surface area contributed by atoms with Crippen LogP contribution in [0, 0.1) is 0 Å². The molecule has 0 aliphatic rings. The fourth-order valence-electron chi connectivity index (χ4n) is 1.29. The molecule has 96 valence electrons. The van der Waals surface area contributed by atoms with Crippen molar-refractivity contribution >= 4 is 33.2 Å². The summed E-state index contributed by atoms with van der Waals surface area (Å²) in [5.41, 5.74) is 6.56. The molecule has 1 rings (SSSR count). The highest BCUT2D eigenvalue weighted by Crippen LogP contribution is 2.28. The number of sulfone groups is 1. The van der Waals surface area contributed by atoms with Gasteiger partial charge in [0.1, 0.15) is 9.84 Å². The summed E-state index contributed by atoms with van der Waals surface area (Å²) in [6.45, 7) is 0.594. The first-order valence-electron chi connectivity index (χ1n) is 5.21. The van der Waals surface area contributed by atoms with Crippen LogP contribution in [0.4, 0.5) is 0 Å². The molecule has 3 nitrogen and oxygen atoms in total. The molecule has 0 bridgehead atoms. The summed E-state index contributed by atoms with van der Waals surface area (Å²) < 4.78 is 22.0. The Hall–Kier alpha value is -0.230. The average molecular weight is 294 g/mol. The fourth-order valence-corrected chi connectivity index (χ4v) is 3.78. The van der Waals surface area contributed by atoms with Gasteiger partial charge in [0, 0.05) is 16.9 Å². The van der Waals surface area contributed by atoms with Crippen LogP contribution in [0.15, 0.2) is 23.1 Å². The zero-order valence-corrected chi connectivity index (χ0v) is 12.0. The highest BCUT2D eigenvalue weighted by molar-refractivity contribution is 8.00. The summed E-state index contributed by atoms with van der Waals surface area (Å²) in [6, 6.07) is 5.78. The lowest BCUT2D eigenvalue weighted by Gasteiger charge is -2.06. The molecule has 0 heterocycles. The third-order valence-electron chi connectivity index (χ3n) is 2.14. The molecule has 0 aliphatic heterocycles. The minimum atomic E-state index is -2.90. The van der Waals surface area contributed by atoms with Crippen LogP contribution in [0.3, 0.4) is 0 Å². The monoisotopic (exact) mass is 293 g/mol. The molecule has 0 spiro atoms. The van der Waals surface area contributed by atoms with Gasteiger partial charge in [-0.2, -0.15) is 0 Å². The summed E-state index contributed by atoms with van der Waals surface area (Å²) >= 11 is 7.56. The molecule has 1 aromatic rings. The van der Waals surface area contributed by atoms with E-state index in [2.05, 4.69) is 0 Å². The van der Waals surface area contributed by atoms with Crippen molar-refractivity contribution in [1.29, 1.82) is 0 Å².